The van der Waals surface area contributed by atoms with Crippen molar-refractivity contribution in [1.29, 1.82) is 0 Å². The van der Waals surface area contributed by atoms with Crippen LogP contribution >= 0.6 is 23.2 Å². The third-order valence-electron chi connectivity index (χ3n) is 5.86. The Morgan fingerprint density at radius 2 is 1.73 bits per heavy atom. The van der Waals surface area contributed by atoms with Gasteiger partial charge in [0.05, 0.1) is 26.2 Å². The van der Waals surface area contributed by atoms with Crippen LogP contribution in [0.4, 0.5) is 5.69 Å². The molecule has 0 unspecified atom stereocenters. The fourth-order valence-corrected chi connectivity index (χ4v) is 4.79. The highest BCUT2D eigenvalue weighted by Gasteiger charge is 2.32. The van der Waals surface area contributed by atoms with E-state index in [4.69, 9.17) is 32.7 Å². The lowest BCUT2D eigenvalue weighted by molar-refractivity contribution is -0.139. The number of nitrogens with one attached hydrogen (secondary N) is 1. The molecule has 2 atom stereocenters. The summed E-state index contributed by atoms with van der Waals surface area (Å²) in [6.07, 6.45) is 1.69. The molecule has 0 aliphatic carbocycles. The zero-order valence-corrected chi connectivity index (χ0v) is 24.1. The van der Waals surface area contributed by atoms with E-state index in [1.54, 1.807) is 25.1 Å². The van der Waals surface area contributed by atoms with Crippen molar-refractivity contribution in [2.45, 2.75) is 45.8 Å². The van der Waals surface area contributed by atoms with Gasteiger partial charge in [-0.2, -0.15) is 0 Å². The summed E-state index contributed by atoms with van der Waals surface area (Å²) in [4.78, 5) is 28.0. The lowest BCUT2D eigenvalue weighted by Crippen LogP contribution is -2.52. The van der Waals surface area contributed by atoms with E-state index in [1.165, 1.54) is 37.3 Å². The zero-order chi connectivity index (χ0) is 27.9. The molecule has 0 aromatic heterocycles. The van der Waals surface area contributed by atoms with Crippen molar-refractivity contribution in [2.75, 3.05) is 31.3 Å². The van der Waals surface area contributed by atoms with E-state index >= 15 is 0 Å². The summed E-state index contributed by atoms with van der Waals surface area (Å²) in [6.45, 7) is 4.75. The van der Waals surface area contributed by atoms with Crippen molar-refractivity contribution in [3.05, 3.63) is 52.0 Å². The number of amides is 2. The molecule has 0 aliphatic rings. The van der Waals surface area contributed by atoms with Crippen molar-refractivity contribution in [3.63, 3.8) is 0 Å². The van der Waals surface area contributed by atoms with Gasteiger partial charge in [0.2, 0.25) is 21.8 Å². The fourth-order valence-electron chi connectivity index (χ4n) is 3.47. The molecule has 2 aromatic rings. The van der Waals surface area contributed by atoms with Gasteiger partial charge in [-0.3, -0.25) is 13.9 Å². The van der Waals surface area contributed by atoms with Gasteiger partial charge in [0, 0.05) is 28.7 Å². The molecule has 0 bridgehead atoms. The Hall–Kier alpha value is -2.69. The first-order valence-electron chi connectivity index (χ1n) is 11.6. The average molecular weight is 575 g/mol. The van der Waals surface area contributed by atoms with Gasteiger partial charge in [-0.1, -0.05) is 36.2 Å². The van der Waals surface area contributed by atoms with Gasteiger partial charge in [0.25, 0.3) is 0 Å². The first kappa shape index (κ1) is 30.5. The molecule has 0 saturated carbocycles. The highest BCUT2D eigenvalue weighted by Crippen LogP contribution is 2.34. The topological polar surface area (TPSA) is 105 Å². The maximum Gasteiger partial charge on any atom is 0.244 e. The Balaban J connectivity index is 2.49. The number of methoxy groups -OCH3 is 2. The third-order valence-corrected chi connectivity index (χ3v) is 7.57. The monoisotopic (exact) mass is 573 g/mol. The van der Waals surface area contributed by atoms with Crippen LogP contribution in [0.25, 0.3) is 0 Å². The molecule has 0 saturated heterocycles. The standard InChI is InChI=1S/C25H33Cl2N3O6S/c1-7-16(2)28-25(32)17(3)29(14-18-8-9-19(26)12-21(18)27)24(31)15-30(37(6,33)34)22-11-10-20(35-4)13-23(22)36-5/h8-13,16-17H,7,14-15H2,1-6H3,(H,28,32)/t16-,17-/m0/s1. The smallest absolute Gasteiger partial charge is 0.244 e. The van der Waals surface area contributed by atoms with E-state index in [2.05, 4.69) is 5.32 Å². The fraction of sp³-hybridized carbons (Fsp3) is 0.440. The van der Waals surface area contributed by atoms with Crippen molar-refractivity contribution in [1.82, 2.24) is 10.2 Å². The molecule has 9 nitrogen and oxygen atoms in total. The molecular weight excluding hydrogens is 541 g/mol. The van der Waals surface area contributed by atoms with E-state index in [9.17, 15) is 18.0 Å². The Kier molecular flexibility index (Phi) is 10.9. The summed E-state index contributed by atoms with van der Waals surface area (Å²) in [7, 11) is -1.08. The summed E-state index contributed by atoms with van der Waals surface area (Å²) in [6, 6.07) is 8.36. The van der Waals surface area contributed by atoms with E-state index in [0.717, 1.165) is 10.6 Å². The van der Waals surface area contributed by atoms with Crippen molar-refractivity contribution in [3.8, 4) is 11.5 Å². The molecule has 2 rings (SSSR count). The maximum absolute atomic E-state index is 13.7. The molecule has 0 aliphatic heterocycles. The molecule has 12 heteroatoms. The number of benzene rings is 2. The Labute approximate surface area is 228 Å². The molecule has 2 amide bonds. The molecule has 204 valence electrons. The second-order valence-electron chi connectivity index (χ2n) is 8.56. The number of carbonyl (C=O) groups excluding carboxylic acids is 2. The molecule has 0 radical (unpaired) electrons. The van der Waals surface area contributed by atoms with Crippen LogP contribution in [0.5, 0.6) is 11.5 Å². The highest BCUT2D eigenvalue weighted by molar-refractivity contribution is 7.92. The Bertz CT molecular complexity index is 1220. The number of ether oxygens (including phenoxy) is 2. The first-order valence-corrected chi connectivity index (χ1v) is 14.2. The van der Waals surface area contributed by atoms with Crippen LogP contribution in [-0.2, 0) is 26.2 Å². The normalized spacial score (nSPS) is 12.9. The summed E-state index contributed by atoms with van der Waals surface area (Å²) in [5, 5.41) is 3.60. The molecule has 0 spiro atoms. The van der Waals surface area contributed by atoms with Crippen LogP contribution in [0.15, 0.2) is 36.4 Å². The minimum atomic E-state index is -3.93. The zero-order valence-electron chi connectivity index (χ0n) is 21.7. The van der Waals surface area contributed by atoms with Crippen LogP contribution in [0.1, 0.15) is 32.8 Å². The molecule has 0 fully saturated rings. The summed E-state index contributed by atoms with van der Waals surface area (Å²) < 4.78 is 37.1. The molecular formula is C25H33Cl2N3O6S. The van der Waals surface area contributed by atoms with E-state index in [-0.39, 0.29) is 29.9 Å². The molecule has 2 aromatic carbocycles. The van der Waals surface area contributed by atoms with Gasteiger partial charge < -0.3 is 19.7 Å². The number of nitrogens with zero attached hydrogens (tertiary/aromatic N) is 2. The quantitative estimate of drug-likeness (QED) is 0.409. The second kappa shape index (κ2) is 13.2. The van der Waals surface area contributed by atoms with Crippen molar-refractivity contribution in [2.24, 2.45) is 0 Å². The van der Waals surface area contributed by atoms with Gasteiger partial charge in [-0.15, -0.1) is 0 Å². The number of rotatable bonds is 12. The van der Waals surface area contributed by atoms with Gasteiger partial charge in [0.1, 0.15) is 24.1 Å². The van der Waals surface area contributed by atoms with Crippen LogP contribution < -0.4 is 19.1 Å². The minimum absolute atomic E-state index is 0.0404. The summed E-state index contributed by atoms with van der Waals surface area (Å²) >= 11 is 12.4. The Morgan fingerprint density at radius 1 is 1.05 bits per heavy atom. The number of halogens is 2. The lowest BCUT2D eigenvalue weighted by Gasteiger charge is -2.32. The van der Waals surface area contributed by atoms with Crippen molar-refractivity contribution < 1.29 is 27.5 Å². The predicted molar refractivity (Wildman–Crippen MR) is 146 cm³/mol. The number of carbonyl (C=O) groups is 2. The van der Waals surface area contributed by atoms with E-state index in [1.807, 2.05) is 13.8 Å². The summed E-state index contributed by atoms with van der Waals surface area (Å²) in [5.41, 5.74) is 0.705. The highest BCUT2D eigenvalue weighted by atomic mass is 35.5. The largest absolute Gasteiger partial charge is 0.497 e. The van der Waals surface area contributed by atoms with Crippen LogP contribution in [-0.4, -0.2) is 64.2 Å². The number of anilines is 1. The molecule has 37 heavy (non-hydrogen) atoms. The van der Waals surface area contributed by atoms with Gasteiger partial charge >= 0.3 is 0 Å². The minimum Gasteiger partial charge on any atom is -0.497 e. The number of hydrogen-bond donors (Lipinski definition) is 1. The van der Waals surface area contributed by atoms with Crippen molar-refractivity contribution >= 4 is 50.7 Å². The van der Waals surface area contributed by atoms with Crippen LogP contribution in [0.2, 0.25) is 10.0 Å². The SMILES string of the molecule is CC[C@H](C)NC(=O)[C@H](C)N(Cc1ccc(Cl)cc1Cl)C(=O)CN(c1ccc(OC)cc1OC)S(C)(=O)=O. The lowest BCUT2D eigenvalue weighted by atomic mass is 10.1. The second-order valence-corrected chi connectivity index (χ2v) is 11.3. The van der Waals surface area contributed by atoms with Gasteiger partial charge in [-0.05, 0) is 50.1 Å². The maximum atomic E-state index is 13.7. The average Bonchev–Trinajstić information content (AvgIpc) is 2.85. The molecule has 0 heterocycles. The number of sulfonamides is 1. The van der Waals surface area contributed by atoms with Crippen LogP contribution in [0, 0.1) is 0 Å². The van der Waals surface area contributed by atoms with Gasteiger partial charge in [0.15, 0.2) is 0 Å². The third kappa shape index (κ3) is 8.15. The number of hydrogen-bond acceptors (Lipinski definition) is 6. The van der Waals surface area contributed by atoms with Gasteiger partial charge in [-0.25, -0.2) is 8.42 Å². The van der Waals surface area contributed by atoms with E-state index < -0.39 is 28.5 Å². The van der Waals surface area contributed by atoms with Crippen LogP contribution in [0.3, 0.4) is 0 Å². The summed E-state index contributed by atoms with van der Waals surface area (Å²) in [5.74, 6) is -0.330. The first-order chi connectivity index (χ1) is 17.3. The predicted octanol–water partition coefficient (Wildman–Crippen LogP) is 4.11. The molecule has 1 N–H and O–H groups in total. The van der Waals surface area contributed by atoms with E-state index in [0.29, 0.717) is 27.8 Å². The Morgan fingerprint density at radius 3 is 2.27 bits per heavy atom.